The molecule has 7 nitrogen and oxygen atoms in total. The predicted octanol–water partition coefficient (Wildman–Crippen LogP) is 5.37. The Morgan fingerprint density at radius 3 is 2.38 bits per heavy atom. The quantitative estimate of drug-likeness (QED) is 0.363. The van der Waals surface area contributed by atoms with Crippen molar-refractivity contribution in [1.29, 1.82) is 0 Å². The summed E-state index contributed by atoms with van der Waals surface area (Å²) in [5, 5.41) is 0.135. The van der Waals surface area contributed by atoms with E-state index in [1.165, 1.54) is 18.5 Å². The van der Waals surface area contributed by atoms with Crippen molar-refractivity contribution >= 4 is 46.2 Å². The second kappa shape index (κ2) is 9.29. The van der Waals surface area contributed by atoms with Crippen molar-refractivity contribution in [2.75, 3.05) is 16.2 Å². The zero-order valence-corrected chi connectivity index (χ0v) is 20.8. The summed E-state index contributed by atoms with van der Waals surface area (Å²) in [5.41, 5.74) is 1.72. The number of hydrogen-bond donors (Lipinski definition) is 1. The second-order valence-corrected chi connectivity index (χ2v) is 10.4. The predicted molar refractivity (Wildman–Crippen MR) is 133 cm³/mol. The van der Waals surface area contributed by atoms with E-state index in [0.29, 0.717) is 17.3 Å². The fraction of sp³-hybridized carbons (Fsp3) is 0.240. The Balaban J connectivity index is 1.66. The maximum Gasteiger partial charge on any atom is 0.268 e. The number of halogens is 1. The molecule has 1 aromatic heterocycles. The Morgan fingerprint density at radius 1 is 1.06 bits per heavy atom. The van der Waals surface area contributed by atoms with Gasteiger partial charge in [-0.2, -0.15) is 0 Å². The summed E-state index contributed by atoms with van der Waals surface area (Å²) in [5.74, 6) is -0.731. The van der Waals surface area contributed by atoms with Crippen molar-refractivity contribution in [2.45, 2.75) is 38.0 Å². The summed E-state index contributed by atoms with van der Waals surface area (Å²) in [4.78, 5) is 32.2. The Bertz CT molecular complexity index is 1260. The molecule has 1 aliphatic heterocycles. The molecule has 2 amide bonds. The number of imide groups is 1. The summed E-state index contributed by atoms with van der Waals surface area (Å²) in [6, 6.07) is 12.0. The molecule has 0 aliphatic carbocycles. The molecule has 0 bridgehead atoms. The summed E-state index contributed by atoms with van der Waals surface area (Å²) >= 11 is 4.64. The van der Waals surface area contributed by atoms with Gasteiger partial charge >= 0.3 is 0 Å². The lowest BCUT2D eigenvalue weighted by Gasteiger charge is -2.19. The molecule has 0 spiro atoms. The standard InChI is InChI=1S/C25H24ClN3O4S/c1-5-33-17-12-16(13-27-14-17)29-23(30)21-19(26)10-11-20(22(21)24(29)31)28-34(32)18-8-6-15(7-9-18)25(2,3)4/h6-14,28H,5H2,1-4H3. The Hall–Kier alpha value is -3.07. The summed E-state index contributed by atoms with van der Waals surface area (Å²) in [6.45, 7) is 8.53. The molecule has 0 saturated heterocycles. The van der Waals surface area contributed by atoms with Crippen LogP contribution in [0.3, 0.4) is 0 Å². The summed E-state index contributed by atoms with van der Waals surface area (Å²) in [6.07, 6.45) is 2.90. The zero-order chi connectivity index (χ0) is 24.6. The van der Waals surface area contributed by atoms with E-state index >= 15 is 0 Å². The van der Waals surface area contributed by atoms with E-state index in [-0.39, 0.29) is 32.9 Å². The molecule has 1 atom stereocenters. The van der Waals surface area contributed by atoms with Gasteiger partial charge in [-0.1, -0.05) is 44.5 Å². The fourth-order valence-corrected chi connectivity index (χ4v) is 4.77. The number of fused-ring (bicyclic) bond motifs is 1. The SMILES string of the molecule is CCOc1cncc(N2C(=O)c3c(Cl)ccc(N[S+]([O-])c4ccc(C(C)(C)C)cc4)c3C2=O)c1. The molecule has 0 fully saturated rings. The molecule has 2 heterocycles. The van der Waals surface area contributed by atoms with Crippen LogP contribution in [0, 0.1) is 0 Å². The van der Waals surface area contributed by atoms with Crippen LogP contribution in [0.5, 0.6) is 5.75 Å². The third-order valence-electron chi connectivity index (χ3n) is 5.39. The van der Waals surface area contributed by atoms with Gasteiger partial charge in [0.25, 0.3) is 11.8 Å². The third kappa shape index (κ3) is 4.49. The maximum atomic E-state index is 13.4. The Kier molecular flexibility index (Phi) is 6.58. The first-order valence-electron chi connectivity index (χ1n) is 10.7. The molecule has 9 heteroatoms. The van der Waals surface area contributed by atoms with Crippen LogP contribution in [0.4, 0.5) is 11.4 Å². The van der Waals surface area contributed by atoms with Gasteiger partial charge in [0.15, 0.2) is 4.90 Å². The number of benzene rings is 2. The van der Waals surface area contributed by atoms with Crippen LogP contribution in [-0.4, -0.2) is 28.0 Å². The van der Waals surface area contributed by atoms with Crippen molar-refractivity contribution in [2.24, 2.45) is 0 Å². The lowest BCUT2D eigenvalue weighted by atomic mass is 9.87. The maximum absolute atomic E-state index is 13.4. The Labute approximate surface area is 206 Å². The molecule has 4 rings (SSSR count). The Morgan fingerprint density at radius 2 is 1.74 bits per heavy atom. The first-order chi connectivity index (χ1) is 16.1. The first kappa shape index (κ1) is 24.1. The monoisotopic (exact) mass is 497 g/mol. The zero-order valence-electron chi connectivity index (χ0n) is 19.2. The number of nitrogens with one attached hydrogen (secondary N) is 1. The van der Waals surface area contributed by atoms with Crippen molar-refractivity contribution < 1.29 is 18.9 Å². The number of anilines is 2. The van der Waals surface area contributed by atoms with Gasteiger partial charge in [-0.25, -0.2) is 9.62 Å². The fourth-order valence-electron chi connectivity index (χ4n) is 3.66. The van der Waals surface area contributed by atoms with Gasteiger partial charge in [0, 0.05) is 6.07 Å². The van der Waals surface area contributed by atoms with E-state index in [1.807, 2.05) is 19.1 Å². The number of aromatic nitrogens is 1. The number of carbonyl (C=O) groups excluding carboxylic acids is 2. The van der Waals surface area contributed by atoms with Gasteiger partial charge in [-0.3, -0.25) is 14.6 Å². The van der Waals surface area contributed by atoms with Crippen LogP contribution in [-0.2, 0) is 16.8 Å². The van der Waals surface area contributed by atoms with Crippen LogP contribution in [0.15, 0.2) is 59.8 Å². The number of pyridine rings is 1. The minimum absolute atomic E-state index is 0.0327. The highest BCUT2D eigenvalue weighted by Crippen LogP contribution is 2.38. The molecule has 1 unspecified atom stereocenters. The molecular weight excluding hydrogens is 474 g/mol. The molecule has 0 saturated carbocycles. The van der Waals surface area contributed by atoms with Crippen molar-refractivity contribution in [3.8, 4) is 5.75 Å². The van der Waals surface area contributed by atoms with Crippen molar-refractivity contribution in [1.82, 2.24) is 4.98 Å². The number of nitrogens with zero attached hydrogens (tertiary/aromatic N) is 2. The molecule has 1 aliphatic rings. The number of hydrogen-bond acceptors (Lipinski definition) is 6. The van der Waals surface area contributed by atoms with Gasteiger partial charge in [0.1, 0.15) is 17.1 Å². The molecular formula is C25H24ClN3O4S. The number of carbonyl (C=O) groups is 2. The van der Waals surface area contributed by atoms with Gasteiger partial charge in [0.05, 0.1) is 46.5 Å². The van der Waals surface area contributed by atoms with Gasteiger partial charge in [0.2, 0.25) is 0 Å². The minimum atomic E-state index is -1.66. The minimum Gasteiger partial charge on any atom is -0.588 e. The molecule has 3 aromatic rings. The van der Waals surface area contributed by atoms with E-state index in [1.54, 1.807) is 24.3 Å². The molecule has 176 valence electrons. The van der Waals surface area contributed by atoms with Crippen LogP contribution in [0.25, 0.3) is 0 Å². The average molecular weight is 498 g/mol. The summed E-state index contributed by atoms with van der Waals surface area (Å²) < 4.78 is 21.4. The van der Waals surface area contributed by atoms with Crippen molar-refractivity contribution in [3.05, 3.63) is 76.6 Å². The highest BCUT2D eigenvalue weighted by atomic mass is 35.5. The van der Waals surface area contributed by atoms with E-state index < -0.39 is 23.2 Å². The van der Waals surface area contributed by atoms with Crippen LogP contribution < -0.4 is 14.4 Å². The van der Waals surface area contributed by atoms with Gasteiger partial charge < -0.3 is 9.29 Å². The smallest absolute Gasteiger partial charge is 0.268 e. The lowest BCUT2D eigenvalue weighted by Crippen LogP contribution is -2.29. The molecule has 2 aromatic carbocycles. The van der Waals surface area contributed by atoms with E-state index in [0.717, 1.165) is 10.5 Å². The highest BCUT2D eigenvalue weighted by Gasteiger charge is 2.41. The van der Waals surface area contributed by atoms with Gasteiger partial charge in [-0.15, -0.1) is 0 Å². The van der Waals surface area contributed by atoms with Gasteiger partial charge in [-0.05, 0) is 42.2 Å². The second-order valence-electron chi connectivity index (χ2n) is 8.75. The highest BCUT2D eigenvalue weighted by molar-refractivity contribution is 7.92. The van der Waals surface area contributed by atoms with Crippen LogP contribution in [0.2, 0.25) is 5.02 Å². The normalized spacial score (nSPS) is 14.2. The van der Waals surface area contributed by atoms with Crippen LogP contribution >= 0.6 is 11.6 Å². The summed E-state index contributed by atoms with van der Waals surface area (Å²) in [7, 11) is 0. The average Bonchev–Trinajstić information content (AvgIpc) is 3.07. The number of ether oxygens (including phenoxy) is 1. The molecule has 34 heavy (non-hydrogen) atoms. The molecule has 0 radical (unpaired) electrons. The molecule has 1 N–H and O–H groups in total. The topological polar surface area (TPSA) is 94.6 Å². The third-order valence-corrected chi connectivity index (χ3v) is 6.81. The number of rotatable bonds is 6. The van der Waals surface area contributed by atoms with E-state index in [2.05, 4.69) is 30.5 Å². The van der Waals surface area contributed by atoms with Crippen molar-refractivity contribution in [3.63, 3.8) is 0 Å². The van der Waals surface area contributed by atoms with Crippen LogP contribution in [0.1, 0.15) is 54.0 Å². The first-order valence-corrected chi connectivity index (χ1v) is 12.2. The largest absolute Gasteiger partial charge is 0.588 e. The lowest BCUT2D eigenvalue weighted by molar-refractivity contribution is 0.0926. The van der Waals surface area contributed by atoms with E-state index in [4.69, 9.17) is 16.3 Å². The van der Waals surface area contributed by atoms with E-state index in [9.17, 15) is 14.1 Å². The number of amides is 2.